The zero-order valence-corrected chi connectivity index (χ0v) is 18.8. The van der Waals surface area contributed by atoms with Gasteiger partial charge in [0.05, 0.1) is 0 Å². The van der Waals surface area contributed by atoms with Crippen molar-refractivity contribution in [3.63, 3.8) is 0 Å². The molecule has 0 aliphatic heterocycles. The first-order chi connectivity index (χ1) is 13.1. The van der Waals surface area contributed by atoms with Crippen LogP contribution in [0.1, 0.15) is 40.2 Å². The number of nitrogens with zero attached hydrogens (tertiary/aromatic N) is 4. The summed E-state index contributed by atoms with van der Waals surface area (Å²) in [4.78, 5) is 8.70. The molecule has 27 heavy (non-hydrogen) atoms. The average molecular weight is 391 g/mol. The van der Waals surface area contributed by atoms with E-state index in [4.69, 9.17) is 5.26 Å². The highest BCUT2D eigenvalue weighted by Crippen LogP contribution is 2.18. The number of benzene rings is 1. The number of rotatable bonds is 14. The maximum Gasteiger partial charge on any atom is 0.138 e. The summed E-state index contributed by atoms with van der Waals surface area (Å²) in [5.41, 5.74) is 1.36. The molecule has 1 aromatic carbocycles. The molecular weight excluding hydrogens is 352 g/mol. The van der Waals surface area contributed by atoms with E-state index in [1.54, 1.807) is 0 Å². The van der Waals surface area contributed by atoms with E-state index in [-0.39, 0.29) is 0 Å². The van der Waals surface area contributed by atoms with E-state index >= 15 is 0 Å². The fraction of sp³-hybridized carbons (Fsp3) is 0.682. The smallest absolute Gasteiger partial charge is 0.138 e. The van der Waals surface area contributed by atoms with Gasteiger partial charge in [0.15, 0.2) is 0 Å². The van der Waals surface area contributed by atoms with Gasteiger partial charge in [0.1, 0.15) is 5.40 Å². The van der Waals surface area contributed by atoms with E-state index in [0.717, 1.165) is 63.7 Å². The second-order valence-electron chi connectivity index (χ2n) is 6.84. The molecule has 0 bridgehead atoms. The lowest BCUT2D eigenvalue weighted by molar-refractivity contribution is 0.139. The van der Waals surface area contributed by atoms with Gasteiger partial charge in [0.25, 0.3) is 0 Å². The molecule has 0 saturated carbocycles. The Morgan fingerprint density at radius 3 is 1.89 bits per heavy atom. The molecule has 0 aromatic heterocycles. The van der Waals surface area contributed by atoms with Crippen LogP contribution in [0.15, 0.2) is 29.2 Å². The molecule has 0 heterocycles. The normalized spacial score (nSPS) is 12.7. The molecular formula is C22H38N4S. The van der Waals surface area contributed by atoms with Crippen molar-refractivity contribution in [1.82, 2.24) is 14.7 Å². The molecule has 1 rings (SSSR count). The minimum atomic E-state index is 0.520. The zero-order valence-electron chi connectivity index (χ0n) is 17.9. The molecule has 4 nitrogen and oxygen atoms in total. The molecule has 0 fully saturated rings. The van der Waals surface area contributed by atoms with Crippen LogP contribution in [0, 0.1) is 10.7 Å². The van der Waals surface area contributed by atoms with Crippen molar-refractivity contribution in [2.45, 2.75) is 52.0 Å². The van der Waals surface area contributed by atoms with Gasteiger partial charge in [-0.1, -0.05) is 46.8 Å². The first kappa shape index (κ1) is 24.0. The number of thioether (sulfide) groups is 1. The van der Waals surface area contributed by atoms with Gasteiger partial charge in [0, 0.05) is 30.6 Å². The van der Waals surface area contributed by atoms with E-state index in [1.165, 1.54) is 17.3 Å². The van der Waals surface area contributed by atoms with Crippen molar-refractivity contribution in [2.24, 2.45) is 0 Å². The highest BCUT2D eigenvalue weighted by atomic mass is 32.2. The molecule has 1 atom stereocenters. The quantitative estimate of drug-likeness (QED) is 0.352. The Kier molecular flexibility index (Phi) is 12.4. The molecule has 1 aromatic rings. The number of thiocyanates is 1. The highest BCUT2D eigenvalue weighted by molar-refractivity contribution is 8.03. The predicted molar refractivity (Wildman–Crippen MR) is 118 cm³/mol. The van der Waals surface area contributed by atoms with Gasteiger partial charge in [-0.15, -0.1) is 0 Å². The first-order valence-electron chi connectivity index (χ1n) is 10.4. The lowest BCUT2D eigenvalue weighted by Gasteiger charge is -2.35. The van der Waals surface area contributed by atoms with Crippen molar-refractivity contribution < 1.29 is 0 Å². The van der Waals surface area contributed by atoms with Crippen molar-refractivity contribution >= 4 is 11.8 Å². The fourth-order valence-corrected chi connectivity index (χ4v) is 3.94. The van der Waals surface area contributed by atoms with Crippen molar-refractivity contribution in [1.29, 1.82) is 5.26 Å². The van der Waals surface area contributed by atoms with Gasteiger partial charge in [-0.3, -0.25) is 4.90 Å². The summed E-state index contributed by atoms with van der Waals surface area (Å²) in [6.07, 6.45) is 1.06. The molecule has 5 heteroatoms. The molecule has 0 N–H and O–H groups in total. The van der Waals surface area contributed by atoms with Gasteiger partial charge in [0.2, 0.25) is 0 Å². The minimum absolute atomic E-state index is 0.520. The standard InChI is InChI=1S/C22H38N4S/c1-6-24(7-2)15-16-25(8-3)18-21(26(9-4)10-5)17-20-11-13-22(14-12-20)27-19-23/h11-14,21H,6-10,15-18H2,1-5H3. The average Bonchev–Trinajstić information content (AvgIpc) is 2.70. The maximum absolute atomic E-state index is 8.82. The molecule has 0 spiro atoms. The van der Waals surface area contributed by atoms with Gasteiger partial charge in [-0.2, -0.15) is 5.26 Å². The Bertz CT molecular complexity index is 532. The molecule has 0 radical (unpaired) electrons. The summed E-state index contributed by atoms with van der Waals surface area (Å²) in [7, 11) is 0. The topological polar surface area (TPSA) is 33.5 Å². The molecule has 0 aliphatic carbocycles. The largest absolute Gasteiger partial charge is 0.303 e. The summed E-state index contributed by atoms with van der Waals surface area (Å²) < 4.78 is 0. The third-order valence-electron chi connectivity index (χ3n) is 5.43. The van der Waals surface area contributed by atoms with Crippen LogP contribution in [0.25, 0.3) is 0 Å². The Labute approximate surface area is 171 Å². The van der Waals surface area contributed by atoms with Gasteiger partial charge < -0.3 is 9.80 Å². The van der Waals surface area contributed by atoms with E-state index < -0.39 is 0 Å². The third-order valence-corrected chi connectivity index (χ3v) is 6.03. The number of likely N-dealkylation sites (N-methyl/N-ethyl adjacent to an activating group) is 3. The molecule has 1 unspecified atom stereocenters. The molecule has 0 aliphatic rings. The van der Waals surface area contributed by atoms with Crippen LogP contribution >= 0.6 is 11.8 Å². The summed E-state index contributed by atoms with van der Waals surface area (Å²) >= 11 is 1.23. The zero-order chi connectivity index (χ0) is 20.1. The number of hydrogen-bond donors (Lipinski definition) is 0. The lowest BCUT2D eigenvalue weighted by atomic mass is 10.0. The second-order valence-corrected chi connectivity index (χ2v) is 7.69. The first-order valence-corrected chi connectivity index (χ1v) is 11.3. The van der Waals surface area contributed by atoms with Gasteiger partial charge in [-0.05, 0) is 68.6 Å². The summed E-state index contributed by atoms with van der Waals surface area (Å²) in [5, 5.41) is 11.0. The monoisotopic (exact) mass is 390 g/mol. The maximum atomic E-state index is 8.82. The number of nitriles is 1. The van der Waals surface area contributed by atoms with Crippen LogP contribution in [0.5, 0.6) is 0 Å². The fourth-order valence-electron chi connectivity index (χ4n) is 3.57. The minimum Gasteiger partial charge on any atom is -0.303 e. The van der Waals surface area contributed by atoms with Crippen molar-refractivity contribution in [2.75, 3.05) is 52.4 Å². The second kappa shape index (κ2) is 14.0. The van der Waals surface area contributed by atoms with Crippen molar-refractivity contribution in [3.8, 4) is 5.40 Å². The Balaban J connectivity index is 2.78. The van der Waals surface area contributed by atoms with Gasteiger partial charge >= 0.3 is 0 Å². The number of hydrogen-bond acceptors (Lipinski definition) is 5. The van der Waals surface area contributed by atoms with Crippen LogP contribution in [-0.4, -0.2) is 73.1 Å². The Morgan fingerprint density at radius 1 is 0.852 bits per heavy atom. The Hall–Kier alpha value is -1.06. The Morgan fingerprint density at radius 2 is 1.41 bits per heavy atom. The van der Waals surface area contributed by atoms with E-state index in [9.17, 15) is 0 Å². The summed E-state index contributed by atoms with van der Waals surface area (Å²) in [6.45, 7) is 20.2. The molecule has 0 saturated heterocycles. The van der Waals surface area contributed by atoms with Crippen LogP contribution in [0.3, 0.4) is 0 Å². The van der Waals surface area contributed by atoms with Crippen LogP contribution in [-0.2, 0) is 6.42 Å². The highest BCUT2D eigenvalue weighted by Gasteiger charge is 2.19. The third kappa shape index (κ3) is 8.66. The molecule has 152 valence electrons. The lowest BCUT2D eigenvalue weighted by Crippen LogP contribution is -2.47. The van der Waals surface area contributed by atoms with Gasteiger partial charge in [-0.25, -0.2) is 0 Å². The van der Waals surface area contributed by atoms with E-state index in [2.05, 4.69) is 79.0 Å². The van der Waals surface area contributed by atoms with Crippen LogP contribution in [0.2, 0.25) is 0 Å². The predicted octanol–water partition coefficient (Wildman–Crippen LogP) is 4.18. The van der Waals surface area contributed by atoms with Crippen LogP contribution < -0.4 is 0 Å². The molecule has 0 amide bonds. The van der Waals surface area contributed by atoms with E-state index in [0.29, 0.717) is 6.04 Å². The van der Waals surface area contributed by atoms with E-state index in [1.807, 2.05) is 0 Å². The van der Waals surface area contributed by atoms with Crippen molar-refractivity contribution in [3.05, 3.63) is 29.8 Å². The SMILES string of the molecule is CCN(CC)CCN(CC)CC(Cc1ccc(SC#N)cc1)N(CC)CC. The summed E-state index contributed by atoms with van der Waals surface area (Å²) in [5.74, 6) is 0. The summed E-state index contributed by atoms with van der Waals surface area (Å²) in [6, 6.07) is 9.03. The van der Waals surface area contributed by atoms with Crippen LogP contribution in [0.4, 0.5) is 0 Å².